The Bertz CT molecular complexity index is 1280. The second kappa shape index (κ2) is 7.77. The summed E-state index contributed by atoms with van der Waals surface area (Å²) in [6.07, 6.45) is 2.85. The van der Waals surface area contributed by atoms with Gasteiger partial charge in [0.05, 0.1) is 19.6 Å². The smallest absolute Gasteiger partial charge is 0.357 e. The van der Waals surface area contributed by atoms with E-state index in [-0.39, 0.29) is 5.69 Å². The number of carbonyl (C=O) groups is 1. The molecule has 0 atom stereocenters. The first kappa shape index (κ1) is 18.7. The fourth-order valence-electron chi connectivity index (χ4n) is 3.13. The summed E-state index contributed by atoms with van der Waals surface area (Å²) in [5, 5.41) is 5.59. The van der Waals surface area contributed by atoms with Crippen molar-refractivity contribution in [3.8, 4) is 11.1 Å². The summed E-state index contributed by atoms with van der Waals surface area (Å²) < 4.78 is 11.3. The number of benzene rings is 2. The predicted molar refractivity (Wildman–Crippen MR) is 112 cm³/mol. The molecule has 0 unspecified atom stereocenters. The Morgan fingerprint density at radius 3 is 2.59 bits per heavy atom. The van der Waals surface area contributed by atoms with Gasteiger partial charge in [-0.25, -0.2) is 4.79 Å². The molecule has 0 bridgehead atoms. The highest BCUT2D eigenvalue weighted by Gasteiger charge is 2.24. The topological polar surface area (TPSA) is 73.8 Å². The molecule has 0 saturated heterocycles. The first-order valence-corrected chi connectivity index (χ1v) is 9.08. The van der Waals surface area contributed by atoms with Gasteiger partial charge < -0.3 is 9.15 Å². The minimum Gasteiger partial charge on any atom is -0.464 e. The van der Waals surface area contributed by atoms with Crippen molar-refractivity contribution in [3.63, 3.8) is 0 Å². The molecule has 0 fully saturated rings. The average molecular weight is 407 g/mol. The van der Waals surface area contributed by atoms with Crippen molar-refractivity contribution < 1.29 is 13.9 Å². The van der Waals surface area contributed by atoms with E-state index in [0.717, 1.165) is 10.2 Å². The fourth-order valence-corrected chi connectivity index (χ4v) is 3.30. The number of halogens is 1. The lowest BCUT2D eigenvalue weighted by Crippen LogP contribution is -2.25. The summed E-state index contributed by atoms with van der Waals surface area (Å²) in [7, 11) is 1.25. The van der Waals surface area contributed by atoms with E-state index < -0.39 is 11.5 Å². The Labute approximate surface area is 170 Å². The van der Waals surface area contributed by atoms with Crippen molar-refractivity contribution in [2.45, 2.75) is 0 Å². The van der Waals surface area contributed by atoms with Crippen molar-refractivity contribution in [1.29, 1.82) is 0 Å². The Kier molecular flexibility index (Phi) is 5.01. The molecule has 4 rings (SSSR count). The molecule has 0 aliphatic heterocycles. The quantitative estimate of drug-likeness (QED) is 0.367. The maximum absolute atomic E-state index is 13.2. The Balaban J connectivity index is 2.14. The second-order valence-electron chi connectivity index (χ2n) is 6.15. The molecule has 0 amide bonds. The predicted octanol–water partition coefficient (Wildman–Crippen LogP) is 4.58. The van der Waals surface area contributed by atoms with E-state index >= 15 is 0 Å². The number of carbonyl (C=O) groups excluding carboxylic acids is 1. The lowest BCUT2D eigenvalue weighted by molar-refractivity contribution is 0.0589. The zero-order chi connectivity index (χ0) is 20.4. The number of aromatic nitrogens is 1. The van der Waals surface area contributed by atoms with Gasteiger partial charge in [0, 0.05) is 16.0 Å². The first-order chi connectivity index (χ1) is 14.1. The minimum absolute atomic E-state index is 0.00118. The van der Waals surface area contributed by atoms with Crippen LogP contribution < -0.4 is 5.56 Å². The number of fused-ring (bicyclic) bond motifs is 1. The molecule has 0 radical (unpaired) electrons. The number of nitrogens with zero attached hydrogens (tertiary/aromatic N) is 2. The first-order valence-electron chi connectivity index (χ1n) is 8.70. The van der Waals surface area contributed by atoms with Crippen LogP contribution in [-0.2, 0) is 4.74 Å². The van der Waals surface area contributed by atoms with E-state index in [4.69, 9.17) is 20.8 Å². The fraction of sp³-hybridized carbons (Fsp3) is 0.0455. The van der Waals surface area contributed by atoms with E-state index in [1.165, 1.54) is 19.6 Å². The number of hydrogen-bond donors (Lipinski definition) is 0. The van der Waals surface area contributed by atoms with Crippen LogP contribution in [0.4, 0.5) is 0 Å². The molecule has 2 aromatic carbocycles. The van der Waals surface area contributed by atoms with Gasteiger partial charge in [0.2, 0.25) is 0 Å². The number of pyridine rings is 1. The monoisotopic (exact) mass is 406 g/mol. The summed E-state index contributed by atoms with van der Waals surface area (Å²) in [6, 6.07) is 17.5. The van der Waals surface area contributed by atoms with Gasteiger partial charge in [-0.2, -0.15) is 9.78 Å². The number of ether oxygens (including phenoxy) is 1. The number of esters is 1. The van der Waals surface area contributed by atoms with Crippen LogP contribution in [0.25, 0.3) is 21.9 Å². The Hall–Kier alpha value is -3.64. The van der Waals surface area contributed by atoms with Gasteiger partial charge >= 0.3 is 5.97 Å². The van der Waals surface area contributed by atoms with Gasteiger partial charge in [0.15, 0.2) is 5.69 Å². The van der Waals surface area contributed by atoms with Crippen LogP contribution in [-0.4, -0.2) is 24.0 Å². The van der Waals surface area contributed by atoms with Crippen molar-refractivity contribution >= 4 is 34.6 Å². The molecule has 0 saturated carbocycles. The summed E-state index contributed by atoms with van der Waals surface area (Å²) in [4.78, 5) is 26.0. The summed E-state index contributed by atoms with van der Waals surface area (Å²) in [5.74, 6) is -0.260. The van der Waals surface area contributed by atoms with Gasteiger partial charge in [-0.15, -0.1) is 0 Å². The van der Waals surface area contributed by atoms with Crippen molar-refractivity contribution in [2.24, 2.45) is 5.10 Å². The molecule has 2 heterocycles. The van der Waals surface area contributed by atoms with Crippen LogP contribution in [0, 0.1) is 0 Å². The lowest BCUT2D eigenvalue weighted by atomic mass is 9.97. The molecule has 0 aliphatic rings. The summed E-state index contributed by atoms with van der Waals surface area (Å²) >= 11 is 6.20. The maximum Gasteiger partial charge on any atom is 0.357 e. The second-order valence-corrected chi connectivity index (χ2v) is 6.58. The molecule has 6 nitrogen and oxygen atoms in total. The zero-order valence-electron chi connectivity index (χ0n) is 15.3. The third kappa shape index (κ3) is 3.46. The average Bonchev–Trinajstić information content (AvgIpc) is 3.26. The molecule has 2 aromatic heterocycles. The van der Waals surface area contributed by atoms with Crippen LogP contribution in [0.2, 0.25) is 5.02 Å². The highest BCUT2D eigenvalue weighted by molar-refractivity contribution is 6.31. The normalized spacial score (nSPS) is 11.2. The van der Waals surface area contributed by atoms with E-state index in [2.05, 4.69) is 5.10 Å². The molecular formula is C22H15ClN2O4. The van der Waals surface area contributed by atoms with Crippen LogP contribution >= 0.6 is 11.6 Å². The van der Waals surface area contributed by atoms with Gasteiger partial charge in [-0.3, -0.25) is 4.79 Å². The number of hydrogen-bond acceptors (Lipinski definition) is 5. The van der Waals surface area contributed by atoms with Crippen molar-refractivity contribution in [3.05, 3.63) is 93.8 Å². The highest BCUT2D eigenvalue weighted by Crippen LogP contribution is 2.32. The van der Waals surface area contributed by atoms with E-state index in [1.54, 1.807) is 30.3 Å². The van der Waals surface area contributed by atoms with E-state index in [9.17, 15) is 9.59 Å². The minimum atomic E-state index is -0.695. The van der Waals surface area contributed by atoms with Crippen LogP contribution in [0.3, 0.4) is 0 Å². The molecule has 7 heteroatoms. The third-order valence-corrected chi connectivity index (χ3v) is 4.64. The standard InChI is InChI=1S/C22H15ClN2O4/c1-28-22(27)20-19(14-6-3-2-4-7-14)18-12-15(23)9-10-17(18)21(26)25(20)24-13-16-8-5-11-29-16/h2-13H,1H3/b24-13+. The summed E-state index contributed by atoms with van der Waals surface area (Å²) in [5.41, 5.74) is 0.758. The van der Waals surface area contributed by atoms with Crippen molar-refractivity contribution in [1.82, 2.24) is 4.68 Å². The van der Waals surface area contributed by atoms with Crippen LogP contribution in [0.15, 0.2) is 81.2 Å². The van der Waals surface area contributed by atoms with Crippen LogP contribution in [0.5, 0.6) is 0 Å². The SMILES string of the molecule is COC(=O)c1c(-c2ccccc2)c2cc(Cl)ccc2c(=O)n1/N=C/c1ccco1. The lowest BCUT2D eigenvalue weighted by Gasteiger charge is -2.15. The molecule has 0 spiro atoms. The molecule has 0 aliphatic carbocycles. The molecule has 0 N–H and O–H groups in total. The van der Waals surface area contributed by atoms with Crippen LogP contribution in [0.1, 0.15) is 16.2 Å². The number of methoxy groups -OCH3 is 1. The Morgan fingerprint density at radius 1 is 1.10 bits per heavy atom. The number of furan rings is 1. The molecule has 144 valence electrons. The van der Waals surface area contributed by atoms with Gasteiger partial charge in [-0.05, 0) is 41.3 Å². The van der Waals surface area contributed by atoms with E-state index in [1.807, 2.05) is 30.3 Å². The van der Waals surface area contributed by atoms with Gasteiger partial charge in [0.25, 0.3) is 5.56 Å². The van der Waals surface area contributed by atoms with E-state index in [0.29, 0.717) is 27.1 Å². The third-order valence-electron chi connectivity index (χ3n) is 4.41. The Morgan fingerprint density at radius 2 is 1.90 bits per heavy atom. The van der Waals surface area contributed by atoms with Gasteiger partial charge in [-0.1, -0.05) is 41.9 Å². The summed E-state index contributed by atoms with van der Waals surface area (Å²) in [6.45, 7) is 0. The highest BCUT2D eigenvalue weighted by atomic mass is 35.5. The largest absolute Gasteiger partial charge is 0.464 e. The maximum atomic E-state index is 13.2. The van der Waals surface area contributed by atoms with Gasteiger partial charge in [0.1, 0.15) is 5.76 Å². The number of rotatable bonds is 4. The molecule has 4 aromatic rings. The zero-order valence-corrected chi connectivity index (χ0v) is 16.1. The van der Waals surface area contributed by atoms with Crippen molar-refractivity contribution in [2.75, 3.05) is 7.11 Å². The molecular weight excluding hydrogens is 392 g/mol. The molecule has 29 heavy (non-hydrogen) atoms.